The van der Waals surface area contributed by atoms with Gasteiger partial charge in [0.15, 0.2) is 11.6 Å². The summed E-state index contributed by atoms with van der Waals surface area (Å²) in [7, 11) is 3.33. The van der Waals surface area contributed by atoms with Crippen molar-refractivity contribution in [2.24, 2.45) is 7.05 Å². The second-order valence-electron chi connectivity index (χ2n) is 6.76. The van der Waals surface area contributed by atoms with Crippen molar-refractivity contribution >= 4 is 28.9 Å². The zero-order valence-electron chi connectivity index (χ0n) is 16.2. The predicted octanol–water partition coefficient (Wildman–Crippen LogP) is 3.32. The maximum Gasteiger partial charge on any atom is 0.438 e. The Kier molecular flexibility index (Phi) is 5.99. The highest BCUT2D eigenvalue weighted by Crippen LogP contribution is 2.39. The summed E-state index contributed by atoms with van der Waals surface area (Å²) in [6.07, 6.45) is 0. The smallest absolute Gasteiger partial charge is 0.434 e. The molecular formula is C18H19Cl2N5O4. The van der Waals surface area contributed by atoms with Crippen molar-refractivity contribution in [3.63, 3.8) is 0 Å². The molecule has 0 saturated heterocycles. The van der Waals surface area contributed by atoms with Crippen molar-refractivity contribution in [1.82, 2.24) is 19.9 Å². The van der Waals surface area contributed by atoms with Crippen LogP contribution in [0.4, 0.5) is 5.69 Å². The molecule has 9 nitrogen and oxygen atoms in total. The lowest BCUT2D eigenvalue weighted by atomic mass is 10.1. The van der Waals surface area contributed by atoms with Gasteiger partial charge in [0.05, 0.1) is 16.6 Å². The molecule has 0 unspecified atom stereocenters. The molecule has 0 aliphatic heterocycles. The first-order valence-electron chi connectivity index (χ1n) is 8.67. The average Bonchev–Trinajstić information content (AvgIpc) is 3.05. The Morgan fingerprint density at radius 2 is 1.90 bits per heavy atom. The molecular weight excluding hydrogens is 421 g/mol. The number of aromatic amines is 1. The minimum Gasteiger partial charge on any atom is -0.434 e. The van der Waals surface area contributed by atoms with Gasteiger partial charge in [-0.2, -0.15) is 0 Å². The lowest BCUT2D eigenvalue weighted by molar-refractivity contribution is 0.381. The minimum atomic E-state index is -0.626. The lowest BCUT2D eigenvalue weighted by Gasteiger charge is -2.19. The quantitative estimate of drug-likeness (QED) is 0.627. The van der Waals surface area contributed by atoms with Gasteiger partial charge in [0.2, 0.25) is 5.88 Å². The Balaban J connectivity index is 1.88. The molecule has 0 spiro atoms. The van der Waals surface area contributed by atoms with E-state index in [2.05, 4.69) is 19.8 Å². The molecule has 0 fully saturated rings. The second-order valence-corrected chi connectivity index (χ2v) is 7.57. The number of aromatic nitrogens is 4. The van der Waals surface area contributed by atoms with Crippen LogP contribution in [0, 0.1) is 0 Å². The Hall–Kier alpha value is -2.78. The minimum absolute atomic E-state index is 0.00370. The number of halogens is 2. The average molecular weight is 440 g/mol. The number of rotatable bonds is 6. The fourth-order valence-corrected chi connectivity index (χ4v) is 3.23. The summed E-state index contributed by atoms with van der Waals surface area (Å²) in [5.41, 5.74) is 1.06. The normalized spacial score (nSPS) is 11.1. The van der Waals surface area contributed by atoms with Crippen molar-refractivity contribution in [2.45, 2.75) is 26.3 Å². The fourth-order valence-electron chi connectivity index (χ4n) is 2.68. The van der Waals surface area contributed by atoms with E-state index in [1.165, 1.54) is 4.68 Å². The van der Waals surface area contributed by atoms with Gasteiger partial charge in [0.1, 0.15) is 0 Å². The van der Waals surface area contributed by atoms with Gasteiger partial charge in [0, 0.05) is 31.4 Å². The predicted molar refractivity (Wildman–Crippen MR) is 109 cm³/mol. The number of aryl methyl sites for hydroxylation is 1. The molecule has 29 heavy (non-hydrogen) atoms. The highest BCUT2D eigenvalue weighted by Gasteiger charge is 2.17. The van der Waals surface area contributed by atoms with E-state index in [0.29, 0.717) is 17.1 Å². The summed E-state index contributed by atoms with van der Waals surface area (Å²) < 4.78 is 11.5. The van der Waals surface area contributed by atoms with Gasteiger partial charge >= 0.3 is 5.76 Å². The van der Waals surface area contributed by atoms with Crippen LogP contribution in [0.25, 0.3) is 0 Å². The molecule has 0 bridgehead atoms. The Labute approximate surface area is 175 Å². The Morgan fingerprint density at radius 3 is 2.45 bits per heavy atom. The number of hydrogen-bond donors (Lipinski definition) is 1. The van der Waals surface area contributed by atoms with Crippen molar-refractivity contribution < 1.29 is 9.26 Å². The van der Waals surface area contributed by atoms with Gasteiger partial charge < -0.3 is 9.64 Å². The van der Waals surface area contributed by atoms with E-state index >= 15 is 0 Å². The van der Waals surface area contributed by atoms with Crippen LogP contribution in [0.15, 0.2) is 32.3 Å². The highest BCUT2D eigenvalue weighted by atomic mass is 35.5. The van der Waals surface area contributed by atoms with Gasteiger partial charge in [-0.25, -0.2) is 9.48 Å². The zero-order chi connectivity index (χ0) is 21.3. The molecule has 0 aliphatic carbocycles. The lowest BCUT2D eigenvalue weighted by Crippen LogP contribution is -2.24. The van der Waals surface area contributed by atoms with E-state index in [1.807, 2.05) is 13.8 Å². The fraction of sp³-hybridized carbons (Fsp3) is 0.333. The third-order valence-corrected chi connectivity index (χ3v) is 4.75. The molecule has 11 heteroatoms. The van der Waals surface area contributed by atoms with E-state index in [9.17, 15) is 9.59 Å². The highest BCUT2D eigenvalue weighted by molar-refractivity contribution is 6.37. The largest absolute Gasteiger partial charge is 0.438 e. The van der Waals surface area contributed by atoms with Crippen molar-refractivity contribution in [2.75, 3.05) is 11.9 Å². The molecule has 0 aliphatic rings. The molecule has 1 N–H and O–H groups in total. The number of H-pyrrole nitrogens is 1. The summed E-state index contributed by atoms with van der Waals surface area (Å²) in [6.45, 7) is 4.10. The van der Waals surface area contributed by atoms with Gasteiger partial charge in [-0.15, -0.1) is 5.10 Å². The van der Waals surface area contributed by atoms with Gasteiger partial charge in [-0.3, -0.25) is 14.3 Å². The van der Waals surface area contributed by atoms with Crippen molar-refractivity contribution in [3.8, 4) is 11.6 Å². The number of anilines is 1. The standard InChI is InChI=1S/C18H19Cl2N5O4/c1-9(2)11-7-15(22-25(4)17(11)26)28-16-12(19)5-10(6-13(16)20)24(3)8-14-21-18(27)29-23-14/h5-7,9H,8H2,1-4H3,(H,21,23,27). The SMILES string of the molecule is CC(C)c1cc(Oc2c(Cl)cc(N(C)Cc3noc(=O)[nH]3)cc2Cl)nn(C)c1=O. The molecule has 3 rings (SSSR count). The summed E-state index contributed by atoms with van der Waals surface area (Å²) in [4.78, 5) is 27.5. The molecule has 154 valence electrons. The number of nitrogens with zero attached hydrogens (tertiary/aromatic N) is 4. The van der Waals surface area contributed by atoms with Crippen molar-refractivity contribution in [1.29, 1.82) is 0 Å². The van der Waals surface area contributed by atoms with Crippen LogP contribution in [0.1, 0.15) is 31.2 Å². The summed E-state index contributed by atoms with van der Waals surface area (Å²) >= 11 is 12.8. The Bertz CT molecular complexity index is 1130. The topological polar surface area (TPSA) is 106 Å². The molecule has 0 amide bonds. The Morgan fingerprint density at radius 1 is 1.24 bits per heavy atom. The van der Waals surface area contributed by atoms with Crippen LogP contribution in [-0.2, 0) is 13.6 Å². The van der Waals surface area contributed by atoms with E-state index < -0.39 is 5.76 Å². The molecule has 2 aromatic heterocycles. The number of hydrogen-bond acceptors (Lipinski definition) is 7. The first kappa shape index (κ1) is 20.9. The number of nitrogens with one attached hydrogen (secondary N) is 1. The summed E-state index contributed by atoms with van der Waals surface area (Å²) in [5, 5.41) is 8.25. The first-order valence-corrected chi connectivity index (χ1v) is 9.42. The molecule has 0 atom stereocenters. The molecule has 0 saturated carbocycles. The van der Waals surface area contributed by atoms with Gasteiger partial charge in [-0.05, 0) is 18.1 Å². The van der Waals surface area contributed by atoms with Gasteiger partial charge in [0.25, 0.3) is 5.56 Å². The molecule has 0 radical (unpaired) electrons. The number of ether oxygens (including phenoxy) is 1. The zero-order valence-corrected chi connectivity index (χ0v) is 17.7. The number of benzene rings is 1. The van der Waals surface area contributed by atoms with E-state index in [0.717, 1.165) is 0 Å². The molecule has 2 heterocycles. The molecule has 3 aromatic rings. The van der Waals surface area contributed by atoms with Crippen LogP contribution in [0.3, 0.4) is 0 Å². The van der Waals surface area contributed by atoms with E-state index in [-0.39, 0.29) is 39.7 Å². The van der Waals surface area contributed by atoms with Gasteiger partial charge in [-0.1, -0.05) is 42.2 Å². The van der Waals surface area contributed by atoms with Crippen LogP contribution in [0.5, 0.6) is 11.6 Å². The van der Waals surface area contributed by atoms with E-state index in [1.54, 1.807) is 37.2 Å². The van der Waals surface area contributed by atoms with Crippen LogP contribution in [-0.4, -0.2) is 27.0 Å². The summed E-state index contributed by atoms with van der Waals surface area (Å²) in [5.74, 6) is 0.172. The van der Waals surface area contributed by atoms with Crippen LogP contribution < -0.4 is 21.0 Å². The molecule has 1 aromatic carbocycles. The third kappa shape index (κ3) is 4.63. The monoisotopic (exact) mass is 439 g/mol. The summed E-state index contributed by atoms with van der Waals surface area (Å²) in [6, 6.07) is 4.90. The van der Waals surface area contributed by atoms with E-state index in [4.69, 9.17) is 27.9 Å². The van der Waals surface area contributed by atoms with Crippen molar-refractivity contribution in [3.05, 3.63) is 60.5 Å². The maximum absolute atomic E-state index is 12.2. The maximum atomic E-state index is 12.2. The second kappa shape index (κ2) is 8.30. The first-order chi connectivity index (χ1) is 13.7. The third-order valence-electron chi connectivity index (χ3n) is 4.19. The van der Waals surface area contributed by atoms with Crippen LogP contribution in [0.2, 0.25) is 10.0 Å². The van der Waals surface area contributed by atoms with Crippen LogP contribution >= 0.6 is 23.2 Å².